The summed E-state index contributed by atoms with van der Waals surface area (Å²) < 4.78 is 48.1. The van der Waals surface area contributed by atoms with E-state index in [9.17, 15) is 17.2 Å². The van der Waals surface area contributed by atoms with Gasteiger partial charge in [-0.3, -0.25) is 0 Å². The van der Waals surface area contributed by atoms with Gasteiger partial charge < -0.3 is 16.2 Å². The summed E-state index contributed by atoms with van der Waals surface area (Å²) in [7, 11) is -4.08. The maximum Gasteiger partial charge on any atom is 0.287 e. The number of nitrogens with one attached hydrogen (secondary N) is 1. The topological polar surface area (TPSA) is 118 Å². The first-order valence-corrected chi connectivity index (χ1v) is 6.35. The number of anilines is 2. The van der Waals surface area contributed by atoms with Crippen LogP contribution in [-0.2, 0) is 10.0 Å². The average Bonchev–Trinajstić information content (AvgIpc) is 2.26. The van der Waals surface area contributed by atoms with E-state index in [2.05, 4.69) is 5.32 Å². The fourth-order valence-corrected chi connectivity index (χ4v) is 1.95. The molecule has 0 fully saturated rings. The van der Waals surface area contributed by atoms with Gasteiger partial charge in [0.05, 0.1) is 12.2 Å². The van der Waals surface area contributed by atoms with Gasteiger partial charge in [-0.1, -0.05) is 0 Å². The zero-order chi connectivity index (χ0) is 14.0. The molecule has 1 aromatic rings. The normalized spacial score (nSPS) is 12.4. The van der Waals surface area contributed by atoms with E-state index in [1.165, 1.54) is 12.1 Å². The Morgan fingerprint density at radius 2 is 2.00 bits per heavy atom. The van der Waals surface area contributed by atoms with Gasteiger partial charge in [-0.2, -0.15) is 0 Å². The SMILES string of the molecule is Nc1ccc(NCC(F)(F)CO)c(S(N)(=O)=O)c1. The number of benzene rings is 1. The van der Waals surface area contributed by atoms with Gasteiger partial charge in [0.1, 0.15) is 11.5 Å². The number of nitrogens with two attached hydrogens (primary N) is 2. The number of aliphatic hydroxyl groups is 1. The van der Waals surface area contributed by atoms with E-state index in [1.54, 1.807) is 0 Å². The molecule has 0 bridgehead atoms. The van der Waals surface area contributed by atoms with Crippen molar-refractivity contribution >= 4 is 21.4 Å². The van der Waals surface area contributed by atoms with Crippen molar-refractivity contribution in [3.8, 4) is 0 Å². The van der Waals surface area contributed by atoms with Crippen molar-refractivity contribution in [3.05, 3.63) is 18.2 Å². The third-order valence-electron chi connectivity index (χ3n) is 2.08. The summed E-state index contributed by atoms with van der Waals surface area (Å²) in [5.74, 6) is -3.36. The van der Waals surface area contributed by atoms with E-state index in [0.717, 1.165) is 6.07 Å². The Labute approximate surface area is 103 Å². The molecule has 6 N–H and O–H groups in total. The molecule has 1 aromatic carbocycles. The minimum Gasteiger partial charge on any atom is -0.399 e. The van der Waals surface area contributed by atoms with Crippen LogP contribution in [0.1, 0.15) is 0 Å². The van der Waals surface area contributed by atoms with Crippen LogP contribution in [-0.4, -0.2) is 32.6 Å². The molecule has 0 saturated carbocycles. The van der Waals surface area contributed by atoms with Crippen LogP contribution >= 0.6 is 0 Å². The summed E-state index contributed by atoms with van der Waals surface area (Å²) >= 11 is 0. The van der Waals surface area contributed by atoms with Crippen molar-refractivity contribution in [1.29, 1.82) is 0 Å². The molecule has 1 rings (SSSR count). The molecule has 18 heavy (non-hydrogen) atoms. The molecular weight excluding hydrogens is 268 g/mol. The monoisotopic (exact) mass is 281 g/mol. The Morgan fingerprint density at radius 1 is 1.39 bits per heavy atom. The van der Waals surface area contributed by atoms with E-state index < -0.39 is 29.1 Å². The Kier molecular flexibility index (Phi) is 4.09. The quantitative estimate of drug-likeness (QED) is 0.564. The number of hydrogen-bond donors (Lipinski definition) is 4. The van der Waals surface area contributed by atoms with Gasteiger partial charge >= 0.3 is 0 Å². The van der Waals surface area contributed by atoms with Crippen molar-refractivity contribution in [2.45, 2.75) is 10.8 Å². The second-order valence-corrected chi connectivity index (χ2v) is 5.20. The lowest BCUT2D eigenvalue weighted by molar-refractivity contribution is -0.0373. The molecule has 0 radical (unpaired) electrons. The summed E-state index contributed by atoms with van der Waals surface area (Å²) in [6.45, 7) is -2.27. The van der Waals surface area contributed by atoms with Crippen molar-refractivity contribution in [3.63, 3.8) is 0 Å². The zero-order valence-corrected chi connectivity index (χ0v) is 10.0. The Bertz CT molecular complexity index is 534. The molecule has 0 heterocycles. The minimum atomic E-state index is -4.08. The second-order valence-electron chi connectivity index (χ2n) is 3.67. The summed E-state index contributed by atoms with van der Waals surface area (Å²) in [5, 5.41) is 15.5. The fraction of sp³-hybridized carbons (Fsp3) is 0.333. The molecule has 0 aliphatic heterocycles. The lowest BCUT2D eigenvalue weighted by Gasteiger charge is -2.16. The number of nitrogen functional groups attached to an aromatic ring is 1. The predicted octanol–water partition coefficient (Wildman–Crippen LogP) is -0.0443. The first kappa shape index (κ1) is 14.6. The van der Waals surface area contributed by atoms with Crippen LogP contribution in [0, 0.1) is 0 Å². The average molecular weight is 281 g/mol. The minimum absolute atomic E-state index is 0.0974. The molecular formula is C9H13F2N3O3S. The largest absolute Gasteiger partial charge is 0.399 e. The van der Waals surface area contributed by atoms with Crippen LogP contribution in [0.2, 0.25) is 0 Å². The van der Waals surface area contributed by atoms with Gasteiger partial charge in [-0.15, -0.1) is 0 Å². The molecule has 0 aliphatic carbocycles. The Morgan fingerprint density at radius 3 is 2.50 bits per heavy atom. The van der Waals surface area contributed by atoms with E-state index >= 15 is 0 Å². The van der Waals surface area contributed by atoms with Crippen molar-refractivity contribution in [2.24, 2.45) is 5.14 Å². The number of sulfonamides is 1. The number of rotatable bonds is 5. The lowest BCUT2D eigenvalue weighted by Crippen LogP contribution is -2.31. The third kappa shape index (κ3) is 3.79. The Hall–Kier alpha value is -1.45. The molecule has 0 saturated heterocycles. The highest BCUT2D eigenvalue weighted by Crippen LogP contribution is 2.24. The van der Waals surface area contributed by atoms with Gasteiger partial charge in [0.15, 0.2) is 0 Å². The molecule has 9 heteroatoms. The van der Waals surface area contributed by atoms with Crippen molar-refractivity contribution in [2.75, 3.05) is 24.2 Å². The maximum absolute atomic E-state index is 12.8. The molecule has 0 unspecified atom stereocenters. The van der Waals surface area contributed by atoms with Crippen LogP contribution in [0.3, 0.4) is 0 Å². The molecule has 0 amide bonds. The number of hydrogen-bond acceptors (Lipinski definition) is 5. The van der Waals surface area contributed by atoms with Crippen LogP contribution in [0.15, 0.2) is 23.1 Å². The first-order chi connectivity index (χ1) is 8.15. The van der Waals surface area contributed by atoms with E-state index in [4.69, 9.17) is 16.0 Å². The van der Waals surface area contributed by atoms with Crippen LogP contribution in [0.4, 0.5) is 20.2 Å². The van der Waals surface area contributed by atoms with E-state index in [0.29, 0.717) is 0 Å². The molecule has 102 valence electrons. The predicted molar refractivity (Wildman–Crippen MR) is 62.8 cm³/mol. The number of primary sulfonamides is 1. The van der Waals surface area contributed by atoms with Gasteiger partial charge in [-0.25, -0.2) is 22.3 Å². The highest BCUT2D eigenvalue weighted by molar-refractivity contribution is 7.89. The van der Waals surface area contributed by atoms with Crippen molar-refractivity contribution < 1.29 is 22.3 Å². The lowest BCUT2D eigenvalue weighted by atomic mass is 10.2. The maximum atomic E-state index is 12.8. The standard InChI is InChI=1S/C9H13F2N3O3S/c10-9(11,5-15)4-14-7-2-1-6(12)3-8(7)18(13,16)17/h1-3,14-15H,4-5,12H2,(H2,13,16,17). The van der Waals surface area contributed by atoms with Crippen LogP contribution < -0.4 is 16.2 Å². The molecule has 0 spiro atoms. The smallest absolute Gasteiger partial charge is 0.287 e. The summed E-state index contributed by atoms with van der Waals surface area (Å²) in [5.41, 5.74) is 5.44. The Balaban J connectivity index is 3.03. The second kappa shape index (κ2) is 5.04. The van der Waals surface area contributed by atoms with E-state index in [1.807, 2.05) is 0 Å². The van der Waals surface area contributed by atoms with Crippen LogP contribution in [0.5, 0.6) is 0 Å². The molecule has 6 nitrogen and oxygen atoms in total. The van der Waals surface area contributed by atoms with E-state index in [-0.39, 0.29) is 16.3 Å². The van der Waals surface area contributed by atoms with Crippen LogP contribution in [0.25, 0.3) is 0 Å². The molecule has 0 atom stereocenters. The third-order valence-corrected chi connectivity index (χ3v) is 3.03. The summed E-state index contributed by atoms with van der Waals surface area (Å²) in [4.78, 5) is -0.378. The number of aliphatic hydroxyl groups excluding tert-OH is 1. The highest BCUT2D eigenvalue weighted by Gasteiger charge is 2.28. The first-order valence-electron chi connectivity index (χ1n) is 4.80. The highest BCUT2D eigenvalue weighted by atomic mass is 32.2. The number of halogens is 2. The molecule has 0 aliphatic rings. The van der Waals surface area contributed by atoms with Crippen molar-refractivity contribution in [1.82, 2.24) is 0 Å². The van der Waals surface area contributed by atoms with Gasteiger partial charge in [0, 0.05) is 5.69 Å². The summed E-state index contributed by atoms with van der Waals surface area (Å²) in [6, 6.07) is 3.63. The summed E-state index contributed by atoms with van der Waals surface area (Å²) in [6.07, 6.45) is 0. The fourth-order valence-electron chi connectivity index (χ4n) is 1.20. The van der Waals surface area contributed by atoms with Gasteiger partial charge in [0.25, 0.3) is 5.92 Å². The van der Waals surface area contributed by atoms with Gasteiger partial charge in [-0.05, 0) is 18.2 Å². The molecule has 0 aromatic heterocycles. The number of alkyl halides is 2. The van der Waals surface area contributed by atoms with Gasteiger partial charge in [0.2, 0.25) is 10.0 Å². The zero-order valence-electron chi connectivity index (χ0n) is 9.23.